The van der Waals surface area contributed by atoms with Crippen LogP contribution in [0, 0.1) is 6.92 Å². The third-order valence-corrected chi connectivity index (χ3v) is 3.21. The fraction of sp³-hybridized carbons (Fsp3) is 0.400. The van der Waals surface area contributed by atoms with Crippen molar-refractivity contribution >= 4 is 23.0 Å². The Morgan fingerprint density at radius 2 is 2.09 bits per heavy atom. The first-order chi connectivity index (χ1) is 10.5. The number of hydrogen-bond acceptors (Lipinski definition) is 6. The number of aryl methyl sites for hydroxylation is 1. The van der Waals surface area contributed by atoms with Gasteiger partial charge in [-0.15, -0.1) is 0 Å². The molecule has 0 fully saturated rings. The number of fused-ring (bicyclic) bond motifs is 1. The number of carbonyl (C=O) groups excluding carboxylic acids is 2. The van der Waals surface area contributed by atoms with E-state index in [2.05, 4.69) is 14.7 Å². The number of nitrogens with zero attached hydrogens (tertiary/aromatic N) is 1. The van der Waals surface area contributed by atoms with E-state index in [1.807, 2.05) is 6.92 Å². The van der Waals surface area contributed by atoms with Crippen LogP contribution >= 0.6 is 0 Å². The molecule has 0 bridgehead atoms. The Balaban J connectivity index is 2.54. The van der Waals surface area contributed by atoms with Crippen molar-refractivity contribution in [3.63, 3.8) is 0 Å². The molecule has 7 nitrogen and oxygen atoms in total. The van der Waals surface area contributed by atoms with Crippen LogP contribution in [-0.2, 0) is 9.47 Å². The van der Waals surface area contributed by atoms with E-state index in [0.717, 1.165) is 12.8 Å². The van der Waals surface area contributed by atoms with Gasteiger partial charge in [0.1, 0.15) is 16.9 Å². The van der Waals surface area contributed by atoms with Crippen LogP contribution in [0.2, 0.25) is 0 Å². The minimum atomic E-state index is -0.817. The van der Waals surface area contributed by atoms with Crippen LogP contribution in [0.3, 0.4) is 0 Å². The number of benzene rings is 1. The number of methoxy groups -OCH3 is 1. The maximum absolute atomic E-state index is 12.2. The molecule has 0 aliphatic rings. The first-order valence-electron chi connectivity index (χ1n) is 6.97. The summed E-state index contributed by atoms with van der Waals surface area (Å²) in [5, 5.41) is 10.3. The van der Waals surface area contributed by atoms with Gasteiger partial charge in [0.05, 0.1) is 24.8 Å². The van der Waals surface area contributed by atoms with Crippen LogP contribution in [0.1, 0.15) is 46.3 Å². The third-order valence-electron chi connectivity index (χ3n) is 3.21. The van der Waals surface area contributed by atoms with Gasteiger partial charge < -0.3 is 19.6 Å². The fourth-order valence-corrected chi connectivity index (χ4v) is 2.11. The topological polar surface area (TPSA) is 102 Å². The molecule has 0 radical (unpaired) electrons. The zero-order valence-electron chi connectivity index (χ0n) is 12.7. The van der Waals surface area contributed by atoms with Crippen molar-refractivity contribution in [2.24, 2.45) is 0 Å². The molecule has 7 heteroatoms. The van der Waals surface area contributed by atoms with Gasteiger partial charge in [0.2, 0.25) is 0 Å². The van der Waals surface area contributed by atoms with Gasteiger partial charge in [-0.05, 0) is 19.4 Å². The minimum Gasteiger partial charge on any atom is -0.505 e. The highest BCUT2D eigenvalue weighted by atomic mass is 16.5. The van der Waals surface area contributed by atoms with Crippen molar-refractivity contribution in [2.45, 2.75) is 26.7 Å². The summed E-state index contributed by atoms with van der Waals surface area (Å²) in [6.07, 6.45) is 1.60. The molecule has 0 saturated carbocycles. The molecule has 0 spiro atoms. The third kappa shape index (κ3) is 2.88. The summed E-state index contributed by atoms with van der Waals surface area (Å²) >= 11 is 0. The summed E-state index contributed by atoms with van der Waals surface area (Å²) in [4.78, 5) is 31.1. The zero-order chi connectivity index (χ0) is 16.3. The average Bonchev–Trinajstić information content (AvgIpc) is 2.87. The molecule has 22 heavy (non-hydrogen) atoms. The summed E-state index contributed by atoms with van der Waals surface area (Å²) in [6.45, 7) is 3.92. The molecule has 1 aromatic heterocycles. The number of esters is 2. The number of rotatable bonds is 5. The van der Waals surface area contributed by atoms with Crippen molar-refractivity contribution in [1.29, 1.82) is 0 Å². The molecule has 0 saturated heterocycles. The van der Waals surface area contributed by atoms with E-state index >= 15 is 0 Å². The van der Waals surface area contributed by atoms with E-state index in [1.54, 1.807) is 6.92 Å². The number of phenols is 1. The summed E-state index contributed by atoms with van der Waals surface area (Å²) in [5.41, 5.74) is 0.382. The quantitative estimate of drug-likeness (QED) is 0.649. The van der Waals surface area contributed by atoms with Crippen molar-refractivity contribution in [3.8, 4) is 5.75 Å². The Kier molecular flexibility index (Phi) is 4.65. The second-order valence-electron chi connectivity index (χ2n) is 4.85. The van der Waals surface area contributed by atoms with Crippen molar-refractivity contribution in [2.75, 3.05) is 13.7 Å². The lowest BCUT2D eigenvalue weighted by Crippen LogP contribution is -2.14. The molecule has 0 atom stereocenters. The molecular weight excluding hydrogens is 288 g/mol. The standard InChI is InChI=1S/C15H18N2O5/c1-4-5-6-22-14(19)9-7-10-12(17-8(2)16-10)13(18)11(9)15(20)21-3/h7,18H,4-6H2,1-3H3,(H,16,17). The minimum absolute atomic E-state index is 0.0448. The molecule has 2 aromatic rings. The second-order valence-corrected chi connectivity index (χ2v) is 4.85. The van der Waals surface area contributed by atoms with E-state index in [-0.39, 0.29) is 23.3 Å². The maximum atomic E-state index is 12.2. The average molecular weight is 306 g/mol. The van der Waals surface area contributed by atoms with Crippen molar-refractivity contribution < 1.29 is 24.2 Å². The number of unbranched alkanes of at least 4 members (excludes halogenated alkanes) is 1. The molecule has 0 amide bonds. The Bertz CT molecular complexity index is 720. The van der Waals surface area contributed by atoms with Gasteiger partial charge in [-0.3, -0.25) is 0 Å². The first-order valence-corrected chi connectivity index (χ1v) is 6.97. The number of carbonyl (C=O) groups is 2. The normalized spacial score (nSPS) is 10.7. The summed E-state index contributed by atoms with van der Waals surface area (Å²) in [7, 11) is 1.17. The van der Waals surface area contributed by atoms with Gasteiger partial charge in [0.15, 0.2) is 5.75 Å². The Labute approximate surface area is 127 Å². The van der Waals surface area contributed by atoms with Gasteiger partial charge in [-0.1, -0.05) is 13.3 Å². The van der Waals surface area contributed by atoms with E-state index in [0.29, 0.717) is 11.3 Å². The largest absolute Gasteiger partial charge is 0.505 e. The number of aromatic amines is 1. The predicted octanol–water partition coefficient (Wildman–Crippen LogP) is 2.32. The lowest BCUT2D eigenvalue weighted by atomic mass is 10.0. The lowest BCUT2D eigenvalue weighted by molar-refractivity contribution is 0.0480. The van der Waals surface area contributed by atoms with Gasteiger partial charge >= 0.3 is 11.9 Å². The Morgan fingerprint density at radius 1 is 1.36 bits per heavy atom. The van der Waals surface area contributed by atoms with E-state index in [4.69, 9.17) is 4.74 Å². The number of imidazole rings is 1. The van der Waals surface area contributed by atoms with Gasteiger partial charge in [-0.25, -0.2) is 14.6 Å². The highest BCUT2D eigenvalue weighted by Crippen LogP contribution is 2.31. The highest BCUT2D eigenvalue weighted by molar-refractivity contribution is 6.09. The smallest absolute Gasteiger partial charge is 0.342 e. The number of nitrogens with one attached hydrogen (secondary N) is 1. The monoisotopic (exact) mass is 306 g/mol. The van der Waals surface area contributed by atoms with Crippen molar-refractivity contribution in [1.82, 2.24) is 9.97 Å². The Hall–Kier alpha value is -2.57. The van der Waals surface area contributed by atoms with Gasteiger partial charge in [0, 0.05) is 0 Å². The summed E-state index contributed by atoms with van der Waals surface area (Å²) in [5.74, 6) is -1.34. The highest BCUT2D eigenvalue weighted by Gasteiger charge is 2.26. The molecular formula is C15H18N2O5. The Morgan fingerprint density at radius 3 is 2.73 bits per heavy atom. The lowest BCUT2D eigenvalue weighted by Gasteiger charge is -2.10. The van der Waals surface area contributed by atoms with E-state index in [1.165, 1.54) is 13.2 Å². The molecule has 2 rings (SSSR count). The molecule has 2 N–H and O–H groups in total. The van der Waals surface area contributed by atoms with Crippen LogP contribution in [-0.4, -0.2) is 40.7 Å². The predicted molar refractivity (Wildman–Crippen MR) is 79.0 cm³/mol. The molecule has 1 aromatic carbocycles. The van der Waals surface area contributed by atoms with Crippen LogP contribution in [0.4, 0.5) is 0 Å². The first kappa shape index (κ1) is 15.8. The fourth-order valence-electron chi connectivity index (χ4n) is 2.11. The molecule has 0 aliphatic heterocycles. The maximum Gasteiger partial charge on any atom is 0.342 e. The molecule has 118 valence electrons. The number of aromatic nitrogens is 2. The van der Waals surface area contributed by atoms with Crippen LogP contribution in [0.5, 0.6) is 5.75 Å². The zero-order valence-corrected chi connectivity index (χ0v) is 12.7. The number of ether oxygens (including phenoxy) is 2. The van der Waals surface area contributed by atoms with Crippen molar-refractivity contribution in [3.05, 3.63) is 23.0 Å². The number of hydrogen-bond donors (Lipinski definition) is 2. The summed E-state index contributed by atoms with van der Waals surface area (Å²) < 4.78 is 9.77. The second kappa shape index (κ2) is 6.46. The van der Waals surface area contributed by atoms with E-state index < -0.39 is 17.7 Å². The van der Waals surface area contributed by atoms with Crippen LogP contribution in [0.15, 0.2) is 6.07 Å². The van der Waals surface area contributed by atoms with Crippen LogP contribution in [0.25, 0.3) is 11.0 Å². The summed E-state index contributed by atoms with van der Waals surface area (Å²) in [6, 6.07) is 1.44. The SMILES string of the molecule is CCCCOC(=O)c1cc2[nH]c(C)nc2c(O)c1C(=O)OC. The number of H-pyrrole nitrogens is 1. The molecule has 0 unspecified atom stereocenters. The van der Waals surface area contributed by atoms with Gasteiger partial charge in [0.25, 0.3) is 0 Å². The van der Waals surface area contributed by atoms with E-state index in [9.17, 15) is 14.7 Å². The van der Waals surface area contributed by atoms with Crippen LogP contribution < -0.4 is 0 Å². The number of aromatic hydroxyl groups is 1. The van der Waals surface area contributed by atoms with Gasteiger partial charge in [-0.2, -0.15) is 0 Å². The number of phenolic OH excluding ortho intramolecular Hbond substituents is 1. The molecule has 1 heterocycles. The molecule has 0 aliphatic carbocycles.